The van der Waals surface area contributed by atoms with Crippen LogP contribution in [0.25, 0.3) is 0 Å². The number of piperidine rings is 1. The van der Waals surface area contributed by atoms with Crippen LogP contribution in [0, 0.1) is 11.6 Å². The molecule has 4 nitrogen and oxygen atoms in total. The number of aromatic nitrogens is 1. The van der Waals surface area contributed by atoms with Gasteiger partial charge in [0.1, 0.15) is 6.10 Å². The Bertz CT molecular complexity index is 759. The van der Waals surface area contributed by atoms with E-state index in [1.165, 1.54) is 12.1 Å². The van der Waals surface area contributed by atoms with E-state index in [9.17, 15) is 8.78 Å². The maximum atomic E-state index is 13.4. The Labute approximate surface area is 151 Å². The fourth-order valence-electron chi connectivity index (χ4n) is 3.97. The van der Waals surface area contributed by atoms with Crippen molar-refractivity contribution in [2.75, 3.05) is 19.7 Å². The summed E-state index contributed by atoms with van der Waals surface area (Å²) >= 11 is 0. The van der Waals surface area contributed by atoms with Crippen molar-refractivity contribution in [3.63, 3.8) is 0 Å². The smallest absolute Gasteiger partial charge is 0.213 e. The van der Waals surface area contributed by atoms with Crippen molar-refractivity contribution in [2.24, 2.45) is 0 Å². The number of hydrogen-bond acceptors (Lipinski definition) is 4. The van der Waals surface area contributed by atoms with Crippen molar-refractivity contribution in [2.45, 2.75) is 37.5 Å². The zero-order valence-corrected chi connectivity index (χ0v) is 14.5. The number of rotatable bonds is 4. The quantitative estimate of drug-likeness (QED) is 0.835. The van der Waals surface area contributed by atoms with Gasteiger partial charge in [-0.05, 0) is 43.1 Å². The molecule has 0 bridgehead atoms. The van der Waals surface area contributed by atoms with E-state index < -0.39 is 11.6 Å². The van der Waals surface area contributed by atoms with Gasteiger partial charge in [-0.3, -0.25) is 4.90 Å². The molecular formula is C20H22F2N2O2. The Morgan fingerprint density at radius 3 is 2.96 bits per heavy atom. The number of benzene rings is 1. The molecule has 2 aliphatic heterocycles. The van der Waals surface area contributed by atoms with E-state index in [0.717, 1.165) is 37.9 Å². The summed E-state index contributed by atoms with van der Waals surface area (Å²) in [5.41, 5.74) is 0.552. The van der Waals surface area contributed by atoms with Crippen molar-refractivity contribution in [3.8, 4) is 5.88 Å². The van der Waals surface area contributed by atoms with Crippen molar-refractivity contribution in [1.29, 1.82) is 0 Å². The Morgan fingerprint density at radius 1 is 1.23 bits per heavy atom. The summed E-state index contributed by atoms with van der Waals surface area (Å²) in [4.78, 5) is 6.46. The Balaban J connectivity index is 1.38. The van der Waals surface area contributed by atoms with Crippen LogP contribution in [0.3, 0.4) is 0 Å². The first-order chi connectivity index (χ1) is 12.6. The summed E-state index contributed by atoms with van der Waals surface area (Å²) in [7, 11) is 0. The molecular weight excluding hydrogens is 338 g/mol. The Hall–Kier alpha value is -2.05. The molecule has 2 atom stereocenters. The first kappa shape index (κ1) is 17.4. The molecule has 2 saturated heterocycles. The maximum Gasteiger partial charge on any atom is 0.213 e. The van der Waals surface area contributed by atoms with E-state index in [0.29, 0.717) is 19.0 Å². The lowest BCUT2D eigenvalue weighted by molar-refractivity contribution is -0.0538. The predicted molar refractivity (Wildman–Crippen MR) is 92.8 cm³/mol. The molecule has 2 aliphatic rings. The monoisotopic (exact) mass is 360 g/mol. The molecule has 1 aromatic carbocycles. The highest BCUT2D eigenvalue weighted by Gasteiger charge is 2.44. The molecule has 0 N–H and O–H groups in total. The van der Waals surface area contributed by atoms with Gasteiger partial charge < -0.3 is 9.47 Å². The summed E-state index contributed by atoms with van der Waals surface area (Å²) < 4.78 is 38.6. The minimum atomic E-state index is -0.808. The van der Waals surface area contributed by atoms with Crippen LogP contribution in [-0.2, 0) is 11.3 Å². The highest BCUT2D eigenvalue weighted by molar-refractivity contribution is 5.18. The first-order valence-corrected chi connectivity index (χ1v) is 9.00. The molecule has 0 aliphatic carbocycles. The summed E-state index contributed by atoms with van der Waals surface area (Å²) in [6, 6.07) is 9.71. The van der Waals surface area contributed by atoms with Crippen molar-refractivity contribution in [3.05, 3.63) is 59.8 Å². The Kier molecular flexibility index (Phi) is 4.87. The topological polar surface area (TPSA) is 34.6 Å². The van der Waals surface area contributed by atoms with Gasteiger partial charge in [-0.1, -0.05) is 12.1 Å². The van der Waals surface area contributed by atoms with Gasteiger partial charge in [0.05, 0.1) is 12.2 Å². The Morgan fingerprint density at radius 2 is 2.15 bits per heavy atom. The summed E-state index contributed by atoms with van der Waals surface area (Å²) in [5, 5.41) is 0. The van der Waals surface area contributed by atoms with Crippen LogP contribution < -0.4 is 4.74 Å². The van der Waals surface area contributed by atoms with Gasteiger partial charge in [0.25, 0.3) is 0 Å². The molecule has 26 heavy (non-hydrogen) atoms. The van der Waals surface area contributed by atoms with E-state index >= 15 is 0 Å². The second kappa shape index (κ2) is 7.29. The van der Waals surface area contributed by atoms with E-state index in [1.807, 2.05) is 18.2 Å². The normalized spacial score (nSPS) is 26.3. The average molecular weight is 360 g/mol. The molecule has 0 radical (unpaired) electrons. The molecule has 3 heterocycles. The SMILES string of the molecule is Fc1ccc(CN2CCC[C@@]3(C[C@@H](Oc4ccccn4)CO3)C2)cc1F. The molecule has 0 unspecified atom stereocenters. The summed E-state index contributed by atoms with van der Waals surface area (Å²) in [6.07, 6.45) is 4.53. The highest BCUT2D eigenvalue weighted by Crippen LogP contribution is 2.36. The minimum Gasteiger partial charge on any atom is -0.472 e. The van der Waals surface area contributed by atoms with E-state index in [1.54, 1.807) is 12.3 Å². The van der Waals surface area contributed by atoms with Gasteiger partial charge in [-0.25, -0.2) is 13.8 Å². The van der Waals surface area contributed by atoms with Gasteiger partial charge >= 0.3 is 0 Å². The molecule has 6 heteroatoms. The number of likely N-dealkylation sites (tertiary alicyclic amines) is 1. The number of hydrogen-bond donors (Lipinski definition) is 0. The average Bonchev–Trinajstić information content (AvgIpc) is 3.01. The molecule has 0 saturated carbocycles. The predicted octanol–water partition coefficient (Wildman–Crippen LogP) is 3.56. The summed E-state index contributed by atoms with van der Waals surface area (Å²) in [6.45, 7) is 2.84. The number of pyridine rings is 1. The number of halogens is 2. The number of ether oxygens (including phenoxy) is 2. The van der Waals surface area contributed by atoms with E-state index in [-0.39, 0.29) is 11.7 Å². The van der Waals surface area contributed by atoms with E-state index in [2.05, 4.69) is 9.88 Å². The van der Waals surface area contributed by atoms with Gasteiger partial charge in [-0.2, -0.15) is 0 Å². The second-order valence-corrected chi connectivity index (χ2v) is 7.17. The second-order valence-electron chi connectivity index (χ2n) is 7.17. The lowest BCUT2D eigenvalue weighted by Gasteiger charge is -2.39. The fraction of sp³-hybridized carbons (Fsp3) is 0.450. The third-order valence-electron chi connectivity index (χ3n) is 5.11. The largest absolute Gasteiger partial charge is 0.472 e. The molecule has 4 rings (SSSR count). The van der Waals surface area contributed by atoms with Gasteiger partial charge in [0.15, 0.2) is 11.6 Å². The third-order valence-corrected chi connectivity index (χ3v) is 5.11. The van der Waals surface area contributed by atoms with Crippen LogP contribution in [0.4, 0.5) is 8.78 Å². The van der Waals surface area contributed by atoms with Crippen LogP contribution in [-0.4, -0.2) is 41.3 Å². The van der Waals surface area contributed by atoms with Crippen LogP contribution in [0.15, 0.2) is 42.6 Å². The maximum absolute atomic E-state index is 13.4. The molecule has 2 aromatic rings. The first-order valence-electron chi connectivity index (χ1n) is 9.00. The van der Waals surface area contributed by atoms with Gasteiger partial charge in [0.2, 0.25) is 5.88 Å². The molecule has 0 amide bonds. The van der Waals surface area contributed by atoms with Crippen molar-refractivity contribution in [1.82, 2.24) is 9.88 Å². The highest BCUT2D eigenvalue weighted by atomic mass is 19.2. The molecule has 2 fully saturated rings. The standard InChI is InChI=1S/C20H22F2N2O2/c21-17-6-5-15(10-18(17)22)12-24-9-3-7-20(14-24)11-16(13-25-20)26-19-4-1-2-8-23-19/h1-2,4-6,8,10,16H,3,7,9,11-14H2/t16-,20-/m1/s1. The summed E-state index contributed by atoms with van der Waals surface area (Å²) in [5.74, 6) is -0.986. The number of nitrogens with zero attached hydrogens (tertiary/aromatic N) is 2. The lowest BCUT2D eigenvalue weighted by atomic mass is 9.89. The molecule has 138 valence electrons. The minimum absolute atomic E-state index is 0.00637. The van der Waals surface area contributed by atoms with Crippen LogP contribution in [0.1, 0.15) is 24.8 Å². The lowest BCUT2D eigenvalue weighted by Crippen LogP contribution is -2.47. The van der Waals surface area contributed by atoms with Crippen LogP contribution in [0.2, 0.25) is 0 Å². The fourth-order valence-corrected chi connectivity index (χ4v) is 3.97. The zero-order chi connectivity index (χ0) is 18.0. The van der Waals surface area contributed by atoms with Gasteiger partial charge in [-0.15, -0.1) is 0 Å². The van der Waals surface area contributed by atoms with Crippen molar-refractivity contribution < 1.29 is 18.3 Å². The van der Waals surface area contributed by atoms with Gasteiger partial charge in [0, 0.05) is 31.8 Å². The molecule has 1 spiro atoms. The van der Waals surface area contributed by atoms with Crippen LogP contribution >= 0.6 is 0 Å². The zero-order valence-electron chi connectivity index (χ0n) is 14.5. The molecule has 1 aromatic heterocycles. The van der Waals surface area contributed by atoms with Crippen molar-refractivity contribution >= 4 is 0 Å². The third kappa shape index (κ3) is 3.86. The van der Waals surface area contributed by atoms with Crippen LogP contribution in [0.5, 0.6) is 5.88 Å². The van der Waals surface area contributed by atoms with E-state index in [4.69, 9.17) is 9.47 Å².